The van der Waals surface area contributed by atoms with E-state index in [4.69, 9.17) is 0 Å². The van der Waals surface area contributed by atoms with Crippen LogP contribution in [0.4, 0.5) is 0 Å². The summed E-state index contributed by atoms with van der Waals surface area (Å²) in [5.74, 6) is 0. The van der Waals surface area contributed by atoms with Gasteiger partial charge in [0.15, 0.2) is 0 Å². The largest absolute Gasteiger partial charge is 1.00 e. The molecule has 0 saturated carbocycles. The number of hydrogen-bond donors (Lipinski definition) is 0. The second kappa shape index (κ2) is 6.23. The minimum atomic E-state index is 0. The normalized spacial score (nSPS) is 10.4. The van der Waals surface area contributed by atoms with Crippen LogP contribution < -0.4 is 28.5 Å². The Morgan fingerprint density at radius 2 is 1.41 bits per heavy atom. The van der Waals surface area contributed by atoms with Crippen LogP contribution >= 0.6 is 0 Å². The molecule has 4 nitrogen and oxygen atoms in total. The number of rotatable bonds is 2. The summed E-state index contributed by atoms with van der Waals surface area (Å²) in [5.41, 5.74) is 3.82. The van der Waals surface area contributed by atoms with Crippen molar-refractivity contribution < 1.29 is 28.5 Å². The van der Waals surface area contributed by atoms with Crippen LogP contribution in [0.1, 0.15) is 0 Å². The van der Waals surface area contributed by atoms with Gasteiger partial charge in [-0.1, -0.05) is 36.4 Å². The number of imidazole rings is 1. The first-order valence-electron chi connectivity index (χ1n) is 6.78. The molecule has 2 aromatic heterocycles. The lowest BCUT2D eigenvalue weighted by molar-refractivity contribution is -0.570. The highest BCUT2D eigenvalue weighted by Gasteiger charge is 2.19. The molecule has 4 aromatic rings. The number of nitrogens with zero attached hydrogens (tertiary/aromatic N) is 4. The quantitative estimate of drug-likeness (QED) is 0.342. The molecule has 0 radical (unpaired) electrons. The number of halogens is 1. The number of aromatic nitrogens is 4. The topological polar surface area (TPSA) is 34.6 Å². The second-order valence-electron chi connectivity index (χ2n) is 4.73. The molecule has 2 heterocycles. The molecule has 0 spiro atoms. The third-order valence-corrected chi connectivity index (χ3v) is 3.42. The van der Waals surface area contributed by atoms with Gasteiger partial charge >= 0.3 is 5.65 Å². The van der Waals surface area contributed by atoms with Crippen molar-refractivity contribution in [2.24, 2.45) is 0 Å². The third-order valence-electron chi connectivity index (χ3n) is 3.42. The Kier molecular flexibility index (Phi) is 4.15. The van der Waals surface area contributed by atoms with Crippen molar-refractivity contribution in [2.45, 2.75) is 0 Å². The van der Waals surface area contributed by atoms with Crippen molar-refractivity contribution in [3.8, 4) is 11.4 Å². The molecule has 0 bridgehead atoms. The van der Waals surface area contributed by atoms with E-state index in [1.807, 2.05) is 42.7 Å². The van der Waals surface area contributed by atoms with Crippen molar-refractivity contribution in [3.05, 3.63) is 79.4 Å². The van der Waals surface area contributed by atoms with E-state index in [1.165, 1.54) is 0 Å². The van der Waals surface area contributed by atoms with Crippen LogP contribution in [0.25, 0.3) is 22.7 Å². The molecule has 0 fully saturated rings. The summed E-state index contributed by atoms with van der Waals surface area (Å²) in [6.07, 6.45) is 5.46. The monoisotopic (exact) mass is 400 g/mol. The van der Waals surface area contributed by atoms with Gasteiger partial charge < -0.3 is 24.0 Å². The zero-order chi connectivity index (χ0) is 14.1. The van der Waals surface area contributed by atoms with Gasteiger partial charge in [-0.2, -0.15) is 4.57 Å². The number of fused-ring (bicyclic) bond motifs is 1. The average molecular weight is 400 g/mol. The first kappa shape index (κ1) is 14.6. The predicted octanol–water partition coefficient (Wildman–Crippen LogP) is -0.299. The van der Waals surface area contributed by atoms with E-state index in [1.54, 1.807) is 12.4 Å². The maximum absolute atomic E-state index is 4.48. The predicted molar refractivity (Wildman–Crippen MR) is 80.4 cm³/mol. The lowest BCUT2D eigenvalue weighted by atomic mass is 10.3. The van der Waals surface area contributed by atoms with Crippen LogP contribution in [0, 0.1) is 0 Å². The van der Waals surface area contributed by atoms with Gasteiger partial charge in [-0.05, 0) is 24.3 Å². The fraction of sp³-hybridized carbons (Fsp3) is 0. The van der Waals surface area contributed by atoms with Gasteiger partial charge in [-0.25, -0.2) is 9.55 Å². The summed E-state index contributed by atoms with van der Waals surface area (Å²) in [4.78, 5) is 8.97. The Labute approximate surface area is 145 Å². The van der Waals surface area contributed by atoms with Crippen molar-refractivity contribution in [1.82, 2.24) is 14.5 Å². The van der Waals surface area contributed by atoms with Crippen LogP contribution in [0.2, 0.25) is 0 Å². The molecule has 0 aliphatic heterocycles. The summed E-state index contributed by atoms with van der Waals surface area (Å²) < 4.78 is 4.10. The maximum atomic E-state index is 4.48. The van der Waals surface area contributed by atoms with Gasteiger partial charge in [0.25, 0.3) is 5.65 Å². The molecule has 0 atom stereocenters. The molecule has 0 aliphatic carbocycles. The smallest absolute Gasteiger partial charge is 0.327 e. The highest BCUT2D eigenvalue weighted by Crippen LogP contribution is 2.14. The van der Waals surface area contributed by atoms with E-state index in [0.717, 1.165) is 22.7 Å². The molecular weight excluding hydrogens is 387 g/mol. The summed E-state index contributed by atoms with van der Waals surface area (Å²) in [6, 6.07) is 20.3. The molecule has 2 aromatic carbocycles. The summed E-state index contributed by atoms with van der Waals surface area (Å²) in [6.45, 7) is 0. The van der Waals surface area contributed by atoms with Crippen LogP contribution in [-0.4, -0.2) is 14.5 Å². The van der Waals surface area contributed by atoms with E-state index in [0.29, 0.717) is 0 Å². The number of hydrogen-bond acceptors (Lipinski definition) is 2. The number of benzene rings is 2. The molecule has 0 amide bonds. The molecule has 108 valence electrons. The molecule has 4 rings (SSSR count). The maximum Gasteiger partial charge on any atom is 0.327 e. The molecule has 0 N–H and O–H groups in total. The third kappa shape index (κ3) is 2.48. The number of para-hydroxylation sites is 2. The molecule has 0 aliphatic rings. The molecular formula is C17H13IN4. The van der Waals surface area contributed by atoms with Gasteiger partial charge in [0.2, 0.25) is 6.33 Å². The Balaban J connectivity index is 0.00000144. The van der Waals surface area contributed by atoms with Crippen molar-refractivity contribution in [3.63, 3.8) is 0 Å². The van der Waals surface area contributed by atoms with E-state index < -0.39 is 0 Å². The van der Waals surface area contributed by atoms with Gasteiger partial charge in [0.1, 0.15) is 17.6 Å². The van der Waals surface area contributed by atoms with E-state index in [2.05, 4.69) is 43.4 Å². The summed E-state index contributed by atoms with van der Waals surface area (Å²) in [5, 5.41) is 0. The van der Waals surface area contributed by atoms with Crippen LogP contribution in [0.15, 0.2) is 79.4 Å². The average Bonchev–Trinajstić information content (AvgIpc) is 2.96. The second-order valence-corrected chi connectivity index (χ2v) is 4.73. The highest BCUT2D eigenvalue weighted by molar-refractivity contribution is 5.65. The van der Waals surface area contributed by atoms with E-state index in [-0.39, 0.29) is 24.0 Å². The fourth-order valence-corrected chi connectivity index (χ4v) is 2.44. The van der Waals surface area contributed by atoms with Gasteiger partial charge in [0, 0.05) is 0 Å². The Morgan fingerprint density at radius 1 is 0.773 bits per heavy atom. The van der Waals surface area contributed by atoms with Crippen molar-refractivity contribution in [1.29, 1.82) is 0 Å². The fourth-order valence-electron chi connectivity index (χ4n) is 2.44. The Bertz CT molecular complexity index is 815. The minimum absolute atomic E-state index is 0. The van der Waals surface area contributed by atoms with Crippen LogP contribution in [0.5, 0.6) is 0 Å². The van der Waals surface area contributed by atoms with E-state index >= 15 is 0 Å². The summed E-state index contributed by atoms with van der Waals surface area (Å²) in [7, 11) is 0. The van der Waals surface area contributed by atoms with Crippen LogP contribution in [0.3, 0.4) is 0 Å². The van der Waals surface area contributed by atoms with Crippen molar-refractivity contribution >= 4 is 11.3 Å². The minimum Gasteiger partial charge on any atom is -1.00 e. The van der Waals surface area contributed by atoms with Gasteiger partial charge in [-0.3, -0.25) is 0 Å². The van der Waals surface area contributed by atoms with Gasteiger partial charge in [0.05, 0.1) is 6.20 Å². The molecule has 22 heavy (non-hydrogen) atoms. The SMILES string of the molecule is [I-].c1ccc(-n2c[n+](-c3ccccc3)c3nccnc32)cc1. The Morgan fingerprint density at radius 3 is 2.14 bits per heavy atom. The van der Waals surface area contributed by atoms with Crippen molar-refractivity contribution in [2.75, 3.05) is 0 Å². The zero-order valence-electron chi connectivity index (χ0n) is 11.7. The molecule has 0 saturated heterocycles. The first-order chi connectivity index (χ1) is 10.4. The molecule has 0 unspecified atom stereocenters. The van der Waals surface area contributed by atoms with E-state index in [9.17, 15) is 0 Å². The van der Waals surface area contributed by atoms with Gasteiger partial charge in [-0.15, -0.1) is 4.98 Å². The first-order valence-corrected chi connectivity index (χ1v) is 6.78. The zero-order valence-corrected chi connectivity index (χ0v) is 13.8. The highest BCUT2D eigenvalue weighted by atomic mass is 127. The lowest BCUT2D eigenvalue weighted by Gasteiger charge is -1.97. The molecule has 5 heteroatoms. The Hall–Kier alpha value is -2.28. The van der Waals surface area contributed by atoms with Crippen LogP contribution in [-0.2, 0) is 0 Å². The summed E-state index contributed by atoms with van der Waals surface area (Å²) >= 11 is 0. The standard InChI is InChI=1S/C17H13N4.HI/c1-3-7-14(8-4-1)20-13-21(15-9-5-2-6-10-15)17-16(20)18-11-12-19-17;/h1-13H;1H/q+1;/p-1. The lowest BCUT2D eigenvalue weighted by Crippen LogP contribution is -3.00.